The Kier molecular flexibility index (Phi) is 9.03. The third-order valence-electron chi connectivity index (χ3n) is 4.74. The van der Waals surface area contributed by atoms with Crippen molar-refractivity contribution in [3.63, 3.8) is 0 Å². The summed E-state index contributed by atoms with van der Waals surface area (Å²) in [5.74, 6) is -1.16. The van der Waals surface area contributed by atoms with Crippen LogP contribution in [0.4, 0.5) is 49.1 Å². The highest BCUT2D eigenvalue weighted by Crippen LogP contribution is 2.41. The van der Waals surface area contributed by atoms with E-state index in [1.165, 1.54) is 24.3 Å². The lowest BCUT2D eigenvalue weighted by atomic mass is 10.2. The molecule has 0 aliphatic heterocycles. The van der Waals surface area contributed by atoms with Crippen molar-refractivity contribution in [3.05, 3.63) is 92.0 Å². The molecule has 0 spiro atoms. The van der Waals surface area contributed by atoms with Gasteiger partial charge >= 0.3 is 12.4 Å². The van der Waals surface area contributed by atoms with E-state index >= 15 is 0 Å². The molecule has 10 nitrogen and oxygen atoms in total. The Hall–Kier alpha value is -5.02. The van der Waals surface area contributed by atoms with Gasteiger partial charge in [-0.3, -0.25) is 30.2 Å². The number of benzene rings is 3. The van der Waals surface area contributed by atoms with E-state index in [2.05, 4.69) is 9.98 Å². The van der Waals surface area contributed by atoms with E-state index in [-0.39, 0.29) is 22.7 Å². The third kappa shape index (κ3) is 9.07. The first-order chi connectivity index (χ1) is 18.7. The fourth-order valence-corrected chi connectivity index (χ4v) is 2.94. The minimum Gasteiger partial charge on any atom is -0.482 e. The molecular weight excluding hydrogens is 554 g/mol. The largest absolute Gasteiger partial charge is 0.482 e. The van der Waals surface area contributed by atoms with Gasteiger partial charge < -0.3 is 9.47 Å². The van der Waals surface area contributed by atoms with Crippen LogP contribution < -0.4 is 9.47 Å². The zero-order valence-electron chi connectivity index (χ0n) is 19.8. The number of ether oxygens (including phenoxy) is 2. The molecule has 210 valence electrons. The Morgan fingerprint density at radius 3 is 1.30 bits per heavy atom. The molecule has 0 atom stereocenters. The molecule has 0 saturated heterocycles. The number of non-ortho nitro benzene ring substituents is 2. The Morgan fingerprint density at radius 1 is 0.650 bits per heavy atom. The second-order valence-corrected chi connectivity index (χ2v) is 7.81. The van der Waals surface area contributed by atoms with Crippen LogP contribution in [-0.4, -0.2) is 47.8 Å². The van der Waals surface area contributed by atoms with Gasteiger partial charge in [0.1, 0.15) is 22.9 Å². The molecule has 0 unspecified atom stereocenters. The van der Waals surface area contributed by atoms with E-state index in [9.17, 15) is 46.6 Å². The maximum absolute atomic E-state index is 12.8. The molecule has 0 heterocycles. The van der Waals surface area contributed by atoms with Gasteiger partial charge in [-0.2, -0.15) is 26.3 Å². The number of halogens is 6. The second kappa shape index (κ2) is 12.2. The number of nitrogens with zero attached hydrogens (tertiary/aromatic N) is 4. The lowest BCUT2D eigenvalue weighted by Gasteiger charge is -2.16. The zero-order chi connectivity index (χ0) is 29.5. The van der Waals surface area contributed by atoms with Crippen LogP contribution >= 0.6 is 0 Å². The van der Waals surface area contributed by atoms with Gasteiger partial charge in [0.05, 0.1) is 9.85 Å². The highest BCUT2D eigenvalue weighted by molar-refractivity contribution is 5.86. The maximum atomic E-state index is 12.8. The summed E-state index contributed by atoms with van der Waals surface area (Å²) in [6, 6.07) is 11.7. The van der Waals surface area contributed by atoms with Gasteiger partial charge in [-0.1, -0.05) is 0 Å². The molecule has 0 bridgehead atoms. The Bertz CT molecular complexity index is 1320. The average Bonchev–Trinajstić information content (AvgIpc) is 2.88. The molecule has 3 aromatic rings. The molecule has 0 aliphatic carbocycles. The highest BCUT2D eigenvalue weighted by Gasteiger charge is 2.31. The van der Waals surface area contributed by atoms with Gasteiger partial charge in [-0.05, 0) is 41.5 Å². The van der Waals surface area contributed by atoms with Crippen LogP contribution in [0.25, 0.3) is 0 Å². The van der Waals surface area contributed by atoms with E-state index in [0.29, 0.717) is 11.1 Å². The molecular formula is C24H16F6N4O6. The van der Waals surface area contributed by atoms with Crippen molar-refractivity contribution in [1.82, 2.24) is 0 Å². The van der Waals surface area contributed by atoms with Crippen molar-refractivity contribution in [1.29, 1.82) is 0 Å². The molecule has 40 heavy (non-hydrogen) atoms. The number of hydrogen-bond donors (Lipinski definition) is 0. The van der Waals surface area contributed by atoms with Crippen LogP contribution in [0.3, 0.4) is 0 Å². The predicted molar refractivity (Wildman–Crippen MR) is 130 cm³/mol. The smallest absolute Gasteiger partial charge is 0.422 e. The van der Waals surface area contributed by atoms with Gasteiger partial charge in [0.2, 0.25) is 0 Å². The first kappa shape index (κ1) is 29.5. The summed E-state index contributed by atoms with van der Waals surface area (Å²) in [6.45, 7) is -3.59. The summed E-state index contributed by atoms with van der Waals surface area (Å²) >= 11 is 0. The van der Waals surface area contributed by atoms with Crippen molar-refractivity contribution in [2.75, 3.05) is 13.2 Å². The average molecular weight is 570 g/mol. The van der Waals surface area contributed by atoms with Gasteiger partial charge in [0, 0.05) is 42.8 Å². The number of rotatable bonds is 10. The van der Waals surface area contributed by atoms with Crippen LogP contribution in [0.15, 0.2) is 70.6 Å². The lowest BCUT2D eigenvalue weighted by Crippen LogP contribution is -2.20. The number of nitro groups is 2. The Morgan fingerprint density at radius 2 is 1.00 bits per heavy atom. The molecule has 0 radical (unpaired) electrons. The normalized spacial score (nSPS) is 12.2. The fraction of sp³-hybridized carbons (Fsp3) is 0.167. The van der Waals surface area contributed by atoms with Crippen molar-refractivity contribution in [2.24, 2.45) is 9.98 Å². The molecule has 0 fully saturated rings. The monoisotopic (exact) mass is 570 g/mol. The maximum Gasteiger partial charge on any atom is 0.422 e. The van der Waals surface area contributed by atoms with Gasteiger partial charge in [-0.25, -0.2) is 0 Å². The summed E-state index contributed by atoms with van der Waals surface area (Å²) < 4.78 is 86.5. The molecule has 0 aliphatic rings. The second-order valence-electron chi connectivity index (χ2n) is 7.81. The van der Waals surface area contributed by atoms with Crippen molar-refractivity contribution in [2.45, 2.75) is 12.4 Å². The van der Waals surface area contributed by atoms with Crippen LogP contribution in [0.5, 0.6) is 11.5 Å². The quantitative estimate of drug-likeness (QED) is 0.113. The topological polar surface area (TPSA) is 129 Å². The molecule has 16 heteroatoms. The van der Waals surface area contributed by atoms with Crippen LogP contribution in [-0.2, 0) is 0 Å². The first-order valence-electron chi connectivity index (χ1n) is 10.8. The van der Waals surface area contributed by atoms with Crippen LogP contribution in [0, 0.1) is 20.2 Å². The lowest BCUT2D eigenvalue weighted by molar-refractivity contribution is -0.385. The molecule has 3 rings (SSSR count). The van der Waals surface area contributed by atoms with Crippen molar-refractivity contribution in [3.8, 4) is 11.5 Å². The Labute approximate surface area is 220 Å². The standard InChI is InChI=1S/C24H16F6N4O6/c25-23(26,27)13-39-21-10-22(40-14-24(28,29)30)20(32-12-16-3-7-18(8-4-16)34(37)38)9-19(21)31-11-15-1-5-17(6-2-15)33(35)36/h1-12H,13-14H2. The van der Waals surface area contributed by atoms with Gasteiger partial charge in [-0.15, -0.1) is 0 Å². The summed E-state index contributed by atoms with van der Waals surface area (Å²) in [5, 5.41) is 21.6. The fourth-order valence-electron chi connectivity index (χ4n) is 2.94. The van der Waals surface area contributed by atoms with E-state index in [4.69, 9.17) is 9.47 Å². The molecule has 0 amide bonds. The summed E-state index contributed by atoms with van der Waals surface area (Å²) in [6.07, 6.45) is -7.31. The SMILES string of the molecule is O=[N+]([O-])c1ccc(C=Nc2cc(N=Cc3ccc([N+](=O)[O-])cc3)c(OCC(F)(F)F)cc2OCC(F)(F)F)cc1. The highest BCUT2D eigenvalue weighted by atomic mass is 19.4. The summed E-state index contributed by atoms with van der Waals surface area (Å²) in [7, 11) is 0. The molecule has 0 aromatic heterocycles. The van der Waals surface area contributed by atoms with E-state index in [0.717, 1.165) is 48.8 Å². The van der Waals surface area contributed by atoms with Crippen LogP contribution in [0.1, 0.15) is 11.1 Å². The zero-order valence-corrected chi connectivity index (χ0v) is 19.8. The summed E-state index contributed by atoms with van der Waals surface area (Å²) in [4.78, 5) is 28.4. The number of aliphatic imine (C=N–C) groups is 2. The number of hydrogen-bond acceptors (Lipinski definition) is 8. The van der Waals surface area contributed by atoms with Crippen LogP contribution in [0.2, 0.25) is 0 Å². The van der Waals surface area contributed by atoms with E-state index in [1.807, 2.05) is 0 Å². The van der Waals surface area contributed by atoms with Crippen molar-refractivity contribution < 1.29 is 45.7 Å². The number of nitro benzene ring substituents is 2. The van der Waals surface area contributed by atoms with E-state index in [1.54, 1.807) is 0 Å². The Balaban J connectivity index is 2.05. The minimum atomic E-state index is -4.79. The molecule has 0 N–H and O–H groups in total. The predicted octanol–water partition coefficient (Wildman–Crippen LogP) is 6.89. The summed E-state index contributed by atoms with van der Waals surface area (Å²) in [5.41, 5.74) is -0.391. The minimum absolute atomic E-state index is 0.222. The molecule has 3 aromatic carbocycles. The van der Waals surface area contributed by atoms with Gasteiger partial charge in [0.15, 0.2) is 13.2 Å². The third-order valence-corrected chi connectivity index (χ3v) is 4.74. The first-order valence-corrected chi connectivity index (χ1v) is 10.8. The number of alkyl halides is 6. The van der Waals surface area contributed by atoms with E-state index < -0.39 is 46.9 Å². The van der Waals surface area contributed by atoms with Gasteiger partial charge in [0.25, 0.3) is 11.4 Å². The van der Waals surface area contributed by atoms with Crippen molar-refractivity contribution >= 4 is 35.2 Å². The molecule has 0 saturated carbocycles.